The minimum Gasteiger partial charge on any atom is -0.552 e. The van der Waals surface area contributed by atoms with Gasteiger partial charge in [0.25, 0.3) is 0 Å². The quantitative estimate of drug-likeness (QED) is 0.291. The Hall–Kier alpha value is 1.74. The topological polar surface area (TPSA) is 18.5 Å². The normalized spacial score (nSPS) is 17.0. The molecule has 0 unspecified atom stereocenters. The molecule has 0 bridgehead atoms. The molecule has 0 aromatic carbocycles. The third-order valence-electron chi connectivity index (χ3n) is 2.90. The molecule has 0 amide bonds. The van der Waals surface area contributed by atoms with E-state index in [1.54, 1.807) is 0 Å². The Morgan fingerprint density at radius 1 is 0.517 bits per heavy atom. The van der Waals surface area contributed by atoms with Gasteiger partial charge < -0.3 is 9.47 Å². The molecule has 2 aliphatic rings. The maximum Gasteiger partial charge on any atom is 2.00 e. The summed E-state index contributed by atoms with van der Waals surface area (Å²) < 4.78 is 9.64. The van der Waals surface area contributed by atoms with Crippen molar-refractivity contribution in [2.45, 2.75) is 104 Å². The van der Waals surface area contributed by atoms with Crippen LogP contribution in [0.5, 0.6) is 0 Å². The number of rotatable bonds is 4. The zero-order chi connectivity index (χ0) is 22.5. The average Bonchev–Trinajstić information content (AvgIpc) is 3.11. The first-order valence-corrected chi connectivity index (χ1v) is 30.9. The zero-order valence-corrected chi connectivity index (χ0v) is 28.7. The van der Waals surface area contributed by atoms with Gasteiger partial charge in [-0.15, -0.1) is 0 Å². The van der Waals surface area contributed by atoms with Crippen molar-refractivity contribution in [1.82, 2.24) is 0 Å². The second kappa shape index (κ2) is 17.2. The summed E-state index contributed by atoms with van der Waals surface area (Å²) in [6.45, 7) is 35.3. The molecule has 174 valence electrons. The van der Waals surface area contributed by atoms with Crippen LogP contribution in [0.4, 0.5) is 0 Å². The van der Waals surface area contributed by atoms with Gasteiger partial charge in [0.15, 0.2) is 0 Å². The summed E-state index contributed by atoms with van der Waals surface area (Å²) in [6, 6.07) is 0. The summed E-state index contributed by atoms with van der Waals surface area (Å²) in [5.74, 6) is 0. The fourth-order valence-electron chi connectivity index (χ4n) is 3.08. The van der Waals surface area contributed by atoms with Crippen LogP contribution >= 0.6 is 0 Å². The van der Waals surface area contributed by atoms with Gasteiger partial charge in [-0.1, -0.05) is 91.4 Å². The Morgan fingerprint density at radius 3 is 0.793 bits per heavy atom. The fourth-order valence-corrected chi connectivity index (χ4v) is 61.6. The third-order valence-corrected chi connectivity index (χ3v) is 41.9. The Kier molecular flexibility index (Phi) is 21.0. The number of ether oxygens (including phenoxy) is 2. The van der Waals surface area contributed by atoms with Crippen molar-refractivity contribution in [3.05, 3.63) is 13.2 Å². The van der Waals surface area contributed by atoms with Gasteiger partial charge in [-0.25, -0.2) is 13.2 Å². The van der Waals surface area contributed by atoms with Gasteiger partial charge >= 0.3 is 17.1 Å². The summed E-state index contributed by atoms with van der Waals surface area (Å²) in [7, 11) is -0.155. The van der Waals surface area contributed by atoms with Crippen molar-refractivity contribution in [2.75, 3.05) is 13.2 Å². The van der Waals surface area contributed by atoms with Crippen LogP contribution < -0.4 is 0 Å². The minimum atomic E-state index is -0.703. The maximum atomic E-state index is 4.82. The smallest absolute Gasteiger partial charge is 0.552 e. The van der Waals surface area contributed by atoms with Crippen LogP contribution in [0, 0.1) is 13.2 Å². The van der Waals surface area contributed by atoms with E-state index in [1.165, 1.54) is 30.0 Å². The van der Waals surface area contributed by atoms with E-state index in [2.05, 4.69) is 78.6 Å². The average molecular weight is 547 g/mol. The number of hydrogen-bond acceptors (Lipinski definition) is 2. The summed E-state index contributed by atoms with van der Waals surface area (Å²) in [5, 5.41) is 0. The predicted octanol–water partition coefficient (Wildman–Crippen LogP) is 6.64. The molecular formula is C20H50FeO2Si6. The van der Waals surface area contributed by atoms with Crippen molar-refractivity contribution in [3.63, 3.8) is 0 Å². The fraction of sp³-hybridized carbons (Fsp3) is 0.900. The Labute approximate surface area is 203 Å². The summed E-state index contributed by atoms with van der Waals surface area (Å²) in [5.41, 5.74) is 0. The van der Waals surface area contributed by atoms with Gasteiger partial charge in [0, 0.05) is 60.7 Å². The van der Waals surface area contributed by atoms with Crippen LogP contribution in [0.3, 0.4) is 0 Å². The monoisotopic (exact) mass is 546 g/mol. The predicted molar refractivity (Wildman–Crippen MR) is 144 cm³/mol. The Morgan fingerprint density at radius 2 is 0.759 bits per heavy atom. The van der Waals surface area contributed by atoms with E-state index >= 15 is 0 Å². The van der Waals surface area contributed by atoms with E-state index in [4.69, 9.17) is 9.47 Å². The van der Waals surface area contributed by atoms with E-state index in [9.17, 15) is 0 Å². The first-order chi connectivity index (χ1) is 12.4. The van der Waals surface area contributed by atoms with Crippen molar-refractivity contribution in [2.24, 2.45) is 0 Å². The molecule has 29 heavy (non-hydrogen) atoms. The second-order valence-electron chi connectivity index (χ2n) is 11.6. The van der Waals surface area contributed by atoms with Crippen LogP contribution in [-0.4, -0.2) is 60.7 Å². The van der Waals surface area contributed by atoms with Crippen LogP contribution in [-0.2, 0) is 26.5 Å². The first-order valence-electron chi connectivity index (χ1n) is 10.9. The molecule has 2 heterocycles. The molecule has 0 spiro atoms. The molecular weight excluding hydrogens is 497 g/mol. The van der Waals surface area contributed by atoms with Crippen molar-refractivity contribution in [1.29, 1.82) is 0 Å². The van der Waals surface area contributed by atoms with Crippen molar-refractivity contribution >= 4 is 47.5 Å². The minimum absolute atomic E-state index is 0. The van der Waals surface area contributed by atoms with Gasteiger partial charge in [0.1, 0.15) is 0 Å². The largest absolute Gasteiger partial charge is 2.00 e. The van der Waals surface area contributed by atoms with E-state index in [1.807, 2.05) is 13.2 Å². The molecule has 0 aromatic heterocycles. The molecule has 9 heteroatoms. The molecule has 4 radical (unpaired) electrons. The molecule has 2 fully saturated rings. The van der Waals surface area contributed by atoms with Gasteiger partial charge in [0.05, 0.1) is 0 Å². The van der Waals surface area contributed by atoms with Crippen LogP contribution in [0.2, 0.25) is 78.6 Å². The van der Waals surface area contributed by atoms with Crippen LogP contribution in [0.1, 0.15) is 25.7 Å². The first kappa shape index (κ1) is 35.3. The van der Waals surface area contributed by atoms with Gasteiger partial charge in [-0.3, -0.25) is 0 Å². The molecule has 0 N–H and O–H groups in total. The van der Waals surface area contributed by atoms with E-state index in [-0.39, 0.29) is 17.1 Å². The summed E-state index contributed by atoms with van der Waals surface area (Å²) in [6.07, 6.45) is 4.75. The second-order valence-corrected chi connectivity index (χ2v) is 54.1. The maximum absolute atomic E-state index is 4.82. The van der Waals surface area contributed by atoms with E-state index < -0.39 is 30.4 Å². The Bertz CT molecular complexity index is 288. The zero-order valence-electron chi connectivity index (χ0n) is 21.6. The molecule has 2 aliphatic heterocycles. The molecule has 0 atom stereocenters. The van der Waals surface area contributed by atoms with Crippen molar-refractivity contribution in [3.8, 4) is 0 Å². The van der Waals surface area contributed by atoms with Gasteiger partial charge in [-0.2, -0.15) is 12.8 Å². The molecule has 2 nitrogen and oxygen atoms in total. The van der Waals surface area contributed by atoms with Crippen LogP contribution in [0.25, 0.3) is 0 Å². The van der Waals surface area contributed by atoms with Gasteiger partial charge in [-0.05, 0) is 0 Å². The third kappa shape index (κ3) is 40.6. The summed E-state index contributed by atoms with van der Waals surface area (Å²) in [4.78, 5) is 0. The summed E-state index contributed by atoms with van der Waals surface area (Å²) >= 11 is 0. The molecule has 0 aliphatic carbocycles. The van der Waals surface area contributed by atoms with Crippen LogP contribution in [0.15, 0.2) is 0 Å². The molecule has 2 rings (SSSR count). The molecule has 2 saturated heterocycles. The van der Waals surface area contributed by atoms with E-state index in [0.717, 1.165) is 26.1 Å². The SMILES string of the molecule is C[Si](C)(C)[Si][Si](C)(C)C.C[Si](C)(C)[Si][Si](C)(C)C.[CH-]1CCCO1.[CH-]1CCCO1.[Fe+2]. The molecule has 0 saturated carbocycles. The van der Waals surface area contributed by atoms with E-state index in [0.29, 0.717) is 0 Å². The molecule has 0 aromatic rings. The standard InChI is InChI=1S/2C6H18Si3.2C4H7O.Fe/c2*1-8(2,3)7-9(4,5)6;2*1-2-4-5-3-1;/h2*1-6H3;2*3H,1-2,4H2;/q;;2*-1;+2. The van der Waals surface area contributed by atoms with Gasteiger partial charge in [0.2, 0.25) is 0 Å². The van der Waals surface area contributed by atoms with Crippen molar-refractivity contribution < 1.29 is 26.5 Å². The number of hydrogen-bond donors (Lipinski definition) is 0. The Balaban J connectivity index is -0.000000316.